The molecule has 0 saturated carbocycles. The Balaban J connectivity index is 1.36. The number of nitrogens with one attached hydrogen (secondary N) is 1. The average molecular weight is 459 g/mol. The number of amides is 1. The molecule has 31 heavy (non-hydrogen) atoms. The molecule has 1 aromatic carbocycles. The molecule has 1 amide bonds. The number of hydrogen-bond donors (Lipinski definition) is 1. The van der Waals surface area contributed by atoms with Crippen LogP contribution in [0.4, 0.5) is 5.69 Å². The number of nitrogens with zero attached hydrogens (tertiary/aromatic N) is 3. The fourth-order valence-corrected chi connectivity index (χ4v) is 6.38. The van der Waals surface area contributed by atoms with Crippen LogP contribution in [0.2, 0.25) is 0 Å². The summed E-state index contributed by atoms with van der Waals surface area (Å²) in [5.74, 6) is -0.145. The fourth-order valence-electron chi connectivity index (χ4n) is 4.13. The third-order valence-corrected chi connectivity index (χ3v) is 8.55. The van der Waals surface area contributed by atoms with Crippen LogP contribution in [0.1, 0.15) is 47.5 Å². The lowest BCUT2D eigenvalue weighted by atomic mass is 9.91. The molecule has 1 saturated heterocycles. The molecular formula is C21H22N4O4S2. The normalized spacial score (nSPS) is 16.3. The number of benzene rings is 1. The van der Waals surface area contributed by atoms with Crippen molar-refractivity contribution in [3.8, 4) is 11.4 Å². The fraction of sp³-hybridized carbons (Fsp3) is 0.381. The smallest absolute Gasteiger partial charge is 0.316 e. The summed E-state index contributed by atoms with van der Waals surface area (Å²) in [4.78, 5) is 18.3. The van der Waals surface area contributed by atoms with Gasteiger partial charge in [0, 0.05) is 24.0 Å². The Bertz CT molecular complexity index is 1230. The summed E-state index contributed by atoms with van der Waals surface area (Å²) in [5, 5.41) is 5.53. The molecule has 10 heteroatoms. The van der Waals surface area contributed by atoms with Gasteiger partial charge in [-0.1, -0.05) is 17.3 Å². The van der Waals surface area contributed by atoms with Gasteiger partial charge >= 0.3 is 11.8 Å². The van der Waals surface area contributed by atoms with Crippen molar-refractivity contribution in [2.45, 2.75) is 42.7 Å². The second-order valence-corrected chi connectivity index (χ2v) is 10.7. The Morgan fingerprint density at radius 2 is 1.94 bits per heavy atom. The van der Waals surface area contributed by atoms with Gasteiger partial charge in [0.25, 0.3) is 10.0 Å². The molecule has 1 aliphatic heterocycles. The quantitative estimate of drug-likeness (QED) is 0.625. The van der Waals surface area contributed by atoms with Crippen LogP contribution in [-0.4, -0.2) is 42.5 Å². The first kappa shape index (κ1) is 20.2. The molecule has 2 aromatic heterocycles. The molecule has 3 aromatic rings. The molecule has 5 rings (SSSR count). The average Bonchev–Trinajstić information content (AvgIpc) is 3.55. The Labute approximate surface area is 184 Å². The van der Waals surface area contributed by atoms with E-state index in [1.54, 1.807) is 10.3 Å². The van der Waals surface area contributed by atoms with E-state index in [0.717, 1.165) is 55.4 Å². The van der Waals surface area contributed by atoms with E-state index in [0.29, 0.717) is 24.3 Å². The number of aromatic nitrogens is 2. The standard InChI is InChI=1S/C21H22N4O4S2/c26-21(25-10-3-4-11-25)20-22-19(23-29-20)15-12-18(30-13-15)31(27,28)24-17-9-5-7-14-6-1-2-8-16(14)17/h5,7,9,12-13,24H,1-4,6,8,10-11H2. The lowest BCUT2D eigenvalue weighted by molar-refractivity contribution is 0.0743. The molecule has 162 valence electrons. The second kappa shape index (κ2) is 8.08. The summed E-state index contributed by atoms with van der Waals surface area (Å²) < 4.78 is 34.0. The van der Waals surface area contributed by atoms with E-state index in [1.807, 2.05) is 12.1 Å². The Hall–Kier alpha value is -2.72. The minimum Gasteiger partial charge on any atom is -0.334 e. The monoisotopic (exact) mass is 458 g/mol. The Kier molecular flexibility index (Phi) is 5.27. The molecule has 1 N–H and O–H groups in total. The summed E-state index contributed by atoms with van der Waals surface area (Å²) in [6, 6.07) is 7.27. The number of aryl methyl sites for hydroxylation is 1. The Morgan fingerprint density at radius 1 is 1.13 bits per heavy atom. The molecule has 1 aliphatic carbocycles. The predicted octanol–water partition coefficient (Wildman–Crippen LogP) is 3.71. The van der Waals surface area contributed by atoms with Crippen LogP contribution >= 0.6 is 11.3 Å². The lowest BCUT2D eigenvalue weighted by Gasteiger charge is -2.19. The molecule has 0 spiro atoms. The molecule has 0 unspecified atom stereocenters. The van der Waals surface area contributed by atoms with Crippen LogP contribution in [0.15, 0.2) is 38.4 Å². The summed E-state index contributed by atoms with van der Waals surface area (Å²) >= 11 is 1.08. The first-order valence-corrected chi connectivity index (χ1v) is 12.7. The first-order valence-electron chi connectivity index (χ1n) is 10.4. The number of likely N-dealkylation sites (tertiary alicyclic amines) is 1. The van der Waals surface area contributed by atoms with E-state index >= 15 is 0 Å². The molecule has 8 nitrogen and oxygen atoms in total. The minimum atomic E-state index is -3.75. The number of carbonyl (C=O) groups excluding carboxylic acids is 1. The van der Waals surface area contributed by atoms with Crippen LogP contribution in [0, 0.1) is 0 Å². The van der Waals surface area contributed by atoms with Crippen molar-refractivity contribution >= 4 is 33.0 Å². The van der Waals surface area contributed by atoms with Crippen molar-refractivity contribution < 1.29 is 17.7 Å². The number of thiophene rings is 1. The number of sulfonamides is 1. The molecule has 3 heterocycles. The summed E-state index contributed by atoms with van der Waals surface area (Å²) in [5.41, 5.74) is 3.44. The van der Waals surface area contributed by atoms with Crippen LogP contribution in [-0.2, 0) is 22.9 Å². The maximum atomic E-state index is 13.0. The summed E-state index contributed by atoms with van der Waals surface area (Å²) in [6.45, 7) is 1.37. The van der Waals surface area contributed by atoms with Crippen molar-refractivity contribution in [2.75, 3.05) is 17.8 Å². The van der Waals surface area contributed by atoms with Crippen molar-refractivity contribution in [1.82, 2.24) is 15.0 Å². The highest BCUT2D eigenvalue weighted by Crippen LogP contribution is 2.32. The lowest BCUT2D eigenvalue weighted by Crippen LogP contribution is -2.27. The van der Waals surface area contributed by atoms with Gasteiger partial charge in [0.15, 0.2) is 0 Å². The van der Waals surface area contributed by atoms with Gasteiger partial charge in [0.2, 0.25) is 5.82 Å². The third kappa shape index (κ3) is 3.97. The SMILES string of the molecule is O=C(c1nc(-c2csc(S(=O)(=O)Nc3cccc4c3CCCC4)c2)no1)N1CCCC1. The second-order valence-electron chi connectivity index (χ2n) is 7.83. The van der Waals surface area contributed by atoms with Crippen molar-refractivity contribution in [3.63, 3.8) is 0 Å². The molecule has 2 aliphatic rings. The number of carbonyl (C=O) groups is 1. The number of anilines is 1. The number of rotatable bonds is 5. The van der Waals surface area contributed by atoms with Gasteiger partial charge in [-0.05, 0) is 61.8 Å². The van der Waals surface area contributed by atoms with Gasteiger partial charge in [-0.15, -0.1) is 11.3 Å². The highest BCUT2D eigenvalue weighted by molar-refractivity contribution is 7.94. The summed E-state index contributed by atoms with van der Waals surface area (Å²) in [7, 11) is -3.75. The third-order valence-electron chi connectivity index (χ3n) is 5.74. The molecule has 0 radical (unpaired) electrons. The van der Waals surface area contributed by atoms with E-state index < -0.39 is 10.0 Å². The Morgan fingerprint density at radius 3 is 2.77 bits per heavy atom. The highest BCUT2D eigenvalue weighted by Gasteiger charge is 2.26. The van der Waals surface area contributed by atoms with Gasteiger partial charge < -0.3 is 9.42 Å². The van der Waals surface area contributed by atoms with Crippen LogP contribution in [0.5, 0.6) is 0 Å². The van der Waals surface area contributed by atoms with Crippen LogP contribution in [0.25, 0.3) is 11.4 Å². The topological polar surface area (TPSA) is 105 Å². The zero-order chi connectivity index (χ0) is 21.4. The van der Waals surface area contributed by atoms with E-state index in [-0.39, 0.29) is 21.8 Å². The van der Waals surface area contributed by atoms with Crippen LogP contribution < -0.4 is 4.72 Å². The van der Waals surface area contributed by atoms with Gasteiger partial charge in [-0.3, -0.25) is 9.52 Å². The van der Waals surface area contributed by atoms with Gasteiger partial charge in [-0.25, -0.2) is 8.42 Å². The number of fused-ring (bicyclic) bond motifs is 1. The zero-order valence-corrected chi connectivity index (χ0v) is 18.5. The first-order chi connectivity index (χ1) is 15.0. The summed E-state index contributed by atoms with van der Waals surface area (Å²) in [6.07, 6.45) is 5.98. The van der Waals surface area contributed by atoms with E-state index in [4.69, 9.17) is 4.52 Å². The molecule has 0 atom stereocenters. The van der Waals surface area contributed by atoms with Gasteiger partial charge in [-0.2, -0.15) is 4.98 Å². The van der Waals surface area contributed by atoms with E-state index in [9.17, 15) is 13.2 Å². The van der Waals surface area contributed by atoms with Crippen LogP contribution in [0.3, 0.4) is 0 Å². The van der Waals surface area contributed by atoms with Crippen molar-refractivity contribution in [3.05, 3.63) is 46.7 Å². The van der Waals surface area contributed by atoms with Gasteiger partial charge in [0.1, 0.15) is 4.21 Å². The predicted molar refractivity (Wildman–Crippen MR) is 117 cm³/mol. The van der Waals surface area contributed by atoms with E-state index in [1.165, 1.54) is 11.6 Å². The number of hydrogen-bond acceptors (Lipinski definition) is 7. The van der Waals surface area contributed by atoms with Crippen molar-refractivity contribution in [1.29, 1.82) is 0 Å². The molecular weight excluding hydrogens is 436 g/mol. The maximum Gasteiger partial charge on any atom is 0.316 e. The molecule has 1 fully saturated rings. The van der Waals surface area contributed by atoms with E-state index in [2.05, 4.69) is 20.9 Å². The minimum absolute atomic E-state index is 0.0680. The zero-order valence-electron chi connectivity index (χ0n) is 16.8. The highest BCUT2D eigenvalue weighted by atomic mass is 32.2. The molecule has 0 bridgehead atoms. The maximum absolute atomic E-state index is 13.0. The van der Waals surface area contributed by atoms with Crippen molar-refractivity contribution in [2.24, 2.45) is 0 Å². The van der Waals surface area contributed by atoms with Gasteiger partial charge in [0.05, 0.1) is 5.69 Å². The largest absolute Gasteiger partial charge is 0.334 e.